The van der Waals surface area contributed by atoms with Crippen LogP contribution in [0.5, 0.6) is 0 Å². The lowest BCUT2D eigenvalue weighted by molar-refractivity contribution is -0.137. The highest BCUT2D eigenvalue weighted by Crippen LogP contribution is 2.33. The molecule has 0 aliphatic heterocycles. The van der Waals surface area contributed by atoms with E-state index in [2.05, 4.69) is 4.98 Å². The van der Waals surface area contributed by atoms with Crippen LogP contribution >= 0.6 is 11.6 Å². The van der Waals surface area contributed by atoms with E-state index in [4.69, 9.17) is 11.6 Å². The molecule has 140 valence electrons. The molecule has 2 aromatic carbocycles. The molecule has 1 aromatic heterocycles. The van der Waals surface area contributed by atoms with E-state index < -0.39 is 23.4 Å². The van der Waals surface area contributed by atoms with E-state index in [0.717, 1.165) is 11.1 Å². The fourth-order valence-electron chi connectivity index (χ4n) is 2.68. The molecule has 0 aliphatic rings. The largest absolute Gasteiger partial charge is 0.417 e. The van der Waals surface area contributed by atoms with Crippen molar-refractivity contribution in [1.29, 1.82) is 5.26 Å². The van der Waals surface area contributed by atoms with E-state index in [0.29, 0.717) is 12.3 Å². The number of ketones is 1. The summed E-state index contributed by atoms with van der Waals surface area (Å²) in [5.41, 5.74) is 0.845. The van der Waals surface area contributed by atoms with Crippen LogP contribution in [0.25, 0.3) is 11.1 Å². The molecule has 1 heterocycles. The van der Waals surface area contributed by atoms with Gasteiger partial charge in [0.2, 0.25) is 0 Å². The Kier molecular flexibility index (Phi) is 5.48. The number of rotatable bonds is 4. The normalized spacial score (nSPS) is 12.2. The molecule has 0 fully saturated rings. The van der Waals surface area contributed by atoms with Gasteiger partial charge in [-0.05, 0) is 17.2 Å². The topological polar surface area (TPSA) is 53.8 Å². The number of alkyl halides is 3. The third-order valence-electron chi connectivity index (χ3n) is 4.14. The number of hydrogen-bond acceptors (Lipinski definition) is 3. The molecule has 7 heteroatoms. The van der Waals surface area contributed by atoms with Crippen LogP contribution in [-0.2, 0) is 6.18 Å². The lowest BCUT2D eigenvalue weighted by Crippen LogP contribution is -2.15. The van der Waals surface area contributed by atoms with E-state index >= 15 is 0 Å². The van der Waals surface area contributed by atoms with E-state index in [1.165, 1.54) is 0 Å². The summed E-state index contributed by atoms with van der Waals surface area (Å²) in [6.45, 7) is 0. The van der Waals surface area contributed by atoms with Crippen LogP contribution in [0.15, 0.2) is 66.9 Å². The van der Waals surface area contributed by atoms with Crippen LogP contribution in [0.1, 0.15) is 27.5 Å². The fraction of sp³-hybridized carbons (Fsp3) is 0.0952. The van der Waals surface area contributed by atoms with Gasteiger partial charge >= 0.3 is 6.18 Å². The van der Waals surface area contributed by atoms with Gasteiger partial charge in [0.05, 0.1) is 22.3 Å². The maximum absolute atomic E-state index is 12.8. The molecule has 0 saturated heterocycles. The fourth-order valence-corrected chi connectivity index (χ4v) is 2.96. The quantitative estimate of drug-likeness (QED) is 0.511. The molecule has 28 heavy (non-hydrogen) atoms. The summed E-state index contributed by atoms with van der Waals surface area (Å²) in [4.78, 5) is 16.3. The number of halogens is 4. The van der Waals surface area contributed by atoms with Crippen molar-refractivity contribution in [3.05, 3.63) is 88.7 Å². The van der Waals surface area contributed by atoms with Crippen molar-refractivity contribution in [2.75, 3.05) is 0 Å². The second-order valence-electron chi connectivity index (χ2n) is 5.96. The number of aromatic nitrogens is 1. The van der Waals surface area contributed by atoms with Crippen molar-refractivity contribution in [1.82, 2.24) is 4.98 Å². The lowest BCUT2D eigenvalue weighted by Gasteiger charge is -2.12. The second kappa shape index (κ2) is 7.83. The highest BCUT2D eigenvalue weighted by Gasteiger charge is 2.33. The first-order chi connectivity index (χ1) is 13.3. The Labute approximate surface area is 164 Å². The van der Waals surface area contributed by atoms with Crippen LogP contribution in [0, 0.1) is 11.3 Å². The molecule has 0 radical (unpaired) electrons. The molecule has 0 saturated carbocycles. The predicted octanol–water partition coefficient (Wildman–Crippen LogP) is 5.91. The first kappa shape index (κ1) is 19.6. The first-order valence-electron chi connectivity index (χ1n) is 8.13. The van der Waals surface area contributed by atoms with Crippen LogP contribution in [0.4, 0.5) is 13.2 Å². The van der Waals surface area contributed by atoms with Gasteiger partial charge in [-0.1, -0.05) is 66.2 Å². The standard InChI is InChI=1S/C21H12ClF3N2O/c22-18-10-16(21(23,24)25)12-27-19(18)17(11-26)20(28)15-8-6-14(7-9-15)13-4-2-1-3-5-13/h1-10,12,17H. The van der Waals surface area contributed by atoms with Gasteiger partial charge in [0.1, 0.15) is 0 Å². The van der Waals surface area contributed by atoms with Crippen molar-refractivity contribution >= 4 is 17.4 Å². The minimum atomic E-state index is -4.62. The average molecular weight is 401 g/mol. The van der Waals surface area contributed by atoms with Crippen LogP contribution in [0.3, 0.4) is 0 Å². The van der Waals surface area contributed by atoms with E-state index in [9.17, 15) is 23.2 Å². The maximum atomic E-state index is 12.8. The van der Waals surface area contributed by atoms with Crippen molar-refractivity contribution in [2.24, 2.45) is 0 Å². The van der Waals surface area contributed by atoms with Gasteiger partial charge in [0.25, 0.3) is 0 Å². The molecule has 3 nitrogen and oxygen atoms in total. The van der Waals surface area contributed by atoms with Crippen molar-refractivity contribution < 1.29 is 18.0 Å². The van der Waals surface area contributed by atoms with Gasteiger partial charge in [0.15, 0.2) is 11.7 Å². The van der Waals surface area contributed by atoms with Crippen molar-refractivity contribution in [3.63, 3.8) is 0 Å². The van der Waals surface area contributed by atoms with Crippen molar-refractivity contribution in [2.45, 2.75) is 12.1 Å². The smallest absolute Gasteiger partial charge is 0.292 e. The molecule has 1 unspecified atom stereocenters. The Morgan fingerprint density at radius 2 is 1.64 bits per heavy atom. The Balaban J connectivity index is 1.89. The summed E-state index contributed by atoms with van der Waals surface area (Å²) < 4.78 is 38.3. The predicted molar refractivity (Wildman–Crippen MR) is 98.8 cm³/mol. The molecule has 3 aromatic rings. The monoisotopic (exact) mass is 400 g/mol. The molecular weight excluding hydrogens is 389 g/mol. The number of carbonyl (C=O) groups is 1. The number of carbonyl (C=O) groups excluding carboxylic acids is 1. The van der Waals surface area contributed by atoms with Gasteiger partial charge in [-0.2, -0.15) is 18.4 Å². The highest BCUT2D eigenvalue weighted by atomic mass is 35.5. The summed E-state index contributed by atoms with van der Waals surface area (Å²) in [7, 11) is 0. The number of pyridine rings is 1. The summed E-state index contributed by atoms with van der Waals surface area (Å²) in [5.74, 6) is -1.99. The maximum Gasteiger partial charge on any atom is 0.417 e. The van der Waals surface area contributed by atoms with Gasteiger partial charge < -0.3 is 0 Å². The van der Waals surface area contributed by atoms with Gasteiger partial charge in [0, 0.05) is 11.8 Å². The lowest BCUT2D eigenvalue weighted by atomic mass is 9.93. The number of hydrogen-bond donors (Lipinski definition) is 0. The number of nitriles is 1. The number of nitrogens with zero attached hydrogens (tertiary/aromatic N) is 2. The molecule has 1 atom stereocenters. The SMILES string of the molecule is N#CC(C(=O)c1ccc(-c2ccccc2)cc1)c1ncc(C(F)(F)F)cc1Cl. The van der Waals surface area contributed by atoms with E-state index in [-0.39, 0.29) is 16.3 Å². The van der Waals surface area contributed by atoms with Gasteiger partial charge in [-0.15, -0.1) is 0 Å². The Morgan fingerprint density at radius 3 is 2.18 bits per heavy atom. The van der Waals surface area contributed by atoms with Gasteiger partial charge in [-0.3, -0.25) is 9.78 Å². The van der Waals surface area contributed by atoms with Crippen LogP contribution in [-0.4, -0.2) is 10.8 Å². The average Bonchev–Trinajstić information content (AvgIpc) is 2.69. The molecule has 3 rings (SSSR count). The van der Waals surface area contributed by atoms with Gasteiger partial charge in [-0.25, -0.2) is 0 Å². The summed E-state index contributed by atoms with van der Waals surface area (Å²) in [6.07, 6.45) is -4.05. The zero-order valence-corrected chi connectivity index (χ0v) is 15.0. The summed E-state index contributed by atoms with van der Waals surface area (Å²) in [5, 5.41) is 9.03. The molecule has 0 N–H and O–H groups in total. The van der Waals surface area contributed by atoms with E-state index in [1.54, 1.807) is 30.3 Å². The highest BCUT2D eigenvalue weighted by molar-refractivity contribution is 6.31. The molecule has 0 amide bonds. The molecule has 0 aliphatic carbocycles. The Bertz CT molecular complexity index is 1040. The minimum Gasteiger partial charge on any atom is -0.292 e. The first-order valence-corrected chi connectivity index (χ1v) is 8.51. The third kappa shape index (κ3) is 4.05. The molecule has 0 spiro atoms. The van der Waals surface area contributed by atoms with Crippen LogP contribution < -0.4 is 0 Å². The number of benzene rings is 2. The number of Topliss-reactive ketones (excluding diaryl/α,β-unsaturated/α-hetero) is 1. The summed E-state index contributed by atoms with van der Waals surface area (Å²) in [6, 6.07) is 18.5. The summed E-state index contributed by atoms with van der Waals surface area (Å²) >= 11 is 5.88. The zero-order valence-electron chi connectivity index (χ0n) is 14.2. The minimum absolute atomic E-state index is 0.200. The van der Waals surface area contributed by atoms with Crippen LogP contribution in [0.2, 0.25) is 5.02 Å². The van der Waals surface area contributed by atoms with E-state index in [1.807, 2.05) is 30.3 Å². The third-order valence-corrected chi connectivity index (χ3v) is 4.44. The molecular formula is C21H12ClF3N2O. The Morgan fingerprint density at radius 1 is 1.04 bits per heavy atom. The second-order valence-corrected chi connectivity index (χ2v) is 6.37. The van der Waals surface area contributed by atoms with Crippen molar-refractivity contribution in [3.8, 4) is 17.2 Å². The molecule has 0 bridgehead atoms. The zero-order chi connectivity index (χ0) is 20.3. The Hall–Kier alpha value is -3.17.